The summed E-state index contributed by atoms with van der Waals surface area (Å²) in [7, 11) is 0.0334. The zero-order valence-corrected chi connectivity index (χ0v) is 10.0. The first-order chi connectivity index (χ1) is 7.00. The number of hydrogen-bond acceptors (Lipinski definition) is 3. The fourth-order valence-electron chi connectivity index (χ4n) is 1.38. The van der Waals surface area contributed by atoms with E-state index in [1.54, 1.807) is 56.4 Å². The zero-order valence-electron chi connectivity index (χ0n) is 9.21. The first kappa shape index (κ1) is 12.2. The molecule has 0 N–H and O–H groups in total. The van der Waals surface area contributed by atoms with Gasteiger partial charge in [0.25, 0.3) is 10.0 Å². The van der Waals surface area contributed by atoms with Crippen LogP contribution in [0, 0.1) is 0 Å². The Morgan fingerprint density at radius 3 is 2.07 bits per heavy atom. The molecule has 5 heteroatoms. The molecule has 0 spiro atoms. The average Bonchev–Trinajstić information content (AvgIpc) is 2.19. The van der Waals surface area contributed by atoms with Crippen LogP contribution in [-0.2, 0) is 10.0 Å². The molecule has 1 rings (SSSR count). The smallest absolute Gasteiger partial charge is 0.234 e. The minimum atomic E-state index is -3.39. The molecule has 0 bridgehead atoms. The van der Waals surface area contributed by atoms with E-state index >= 15 is 0 Å². The van der Waals surface area contributed by atoms with E-state index in [2.05, 4.69) is 0 Å². The molecule has 0 aromatic heterocycles. The van der Waals surface area contributed by atoms with E-state index in [1.807, 2.05) is 0 Å². The van der Waals surface area contributed by atoms with Gasteiger partial charge < -0.3 is 0 Å². The van der Waals surface area contributed by atoms with Crippen LogP contribution in [0.4, 0.5) is 0 Å². The number of hydrazine groups is 1. The van der Waals surface area contributed by atoms with Gasteiger partial charge in [0, 0.05) is 20.6 Å². The van der Waals surface area contributed by atoms with E-state index in [-0.39, 0.29) is 0 Å². The van der Waals surface area contributed by atoms with Gasteiger partial charge in [0.05, 0.1) is 4.90 Å². The van der Waals surface area contributed by atoms with Crippen LogP contribution in [0.2, 0.25) is 0 Å². The van der Waals surface area contributed by atoms with Gasteiger partial charge in [0.1, 0.15) is 0 Å². The van der Waals surface area contributed by atoms with Crippen LogP contribution >= 0.6 is 0 Å². The lowest BCUT2D eigenvalue weighted by atomic mass is 10.4. The van der Waals surface area contributed by atoms with Crippen molar-refractivity contribution in [1.29, 1.82) is 0 Å². The predicted molar refractivity (Wildman–Crippen MR) is 59.7 cm³/mol. The topological polar surface area (TPSA) is 40.6 Å². The Morgan fingerprint density at radius 2 is 1.67 bits per heavy atom. The van der Waals surface area contributed by atoms with Gasteiger partial charge >= 0.3 is 0 Å². The Labute approximate surface area is 91.1 Å². The Bertz CT molecular complexity index is 401. The second kappa shape index (κ2) is 4.74. The molecule has 0 radical (unpaired) electrons. The zero-order chi connectivity index (χ0) is 11.5. The van der Waals surface area contributed by atoms with Crippen LogP contribution in [0.3, 0.4) is 0 Å². The van der Waals surface area contributed by atoms with Crippen molar-refractivity contribution in [2.75, 3.05) is 20.6 Å². The van der Waals surface area contributed by atoms with Gasteiger partial charge in [-0.25, -0.2) is 13.4 Å². The van der Waals surface area contributed by atoms with Crippen molar-refractivity contribution in [1.82, 2.24) is 9.42 Å². The van der Waals surface area contributed by atoms with E-state index in [0.717, 1.165) is 0 Å². The Balaban J connectivity index is 3.13. The maximum Gasteiger partial charge on any atom is 0.255 e. The second-order valence-corrected chi connectivity index (χ2v) is 5.15. The largest absolute Gasteiger partial charge is 0.255 e. The summed E-state index contributed by atoms with van der Waals surface area (Å²) in [5, 5.41) is 1.57. The van der Waals surface area contributed by atoms with E-state index < -0.39 is 10.0 Å². The molecule has 0 saturated carbocycles. The van der Waals surface area contributed by atoms with Gasteiger partial charge in [-0.1, -0.05) is 18.2 Å². The Hall–Kier alpha value is -0.910. The van der Waals surface area contributed by atoms with Crippen LogP contribution in [0.15, 0.2) is 35.2 Å². The normalized spacial score (nSPS) is 12.3. The molecule has 0 aliphatic heterocycles. The lowest BCUT2D eigenvalue weighted by molar-refractivity contribution is 0.133. The highest BCUT2D eigenvalue weighted by Crippen LogP contribution is 2.15. The highest BCUT2D eigenvalue weighted by atomic mass is 32.2. The molecule has 0 aliphatic rings. The molecule has 0 aliphatic carbocycles. The molecule has 1 aromatic rings. The first-order valence-corrected chi connectivity index (χ1v) is 6.19. The summed E-state index contributed by atoms with van der Waals surface area (Å²) in [5.41, 5.74) is 0. The van der Waals surface area contributed by atoms with Gasteiger partial charge in [-0.05, 0) is 19.1 Å². The SMILES string of the molecule is CCN(N(C)C)S(=O)(=O)c1ccccc1. The average molecular weight is 228 g/mol. The summed E-state index contributed by atoms with van der Waals surface area (Å²) in [4.78, 5) is 0.320. The summed E-state index contributed by atoms with van der Waals surface area (Å²) in [6.07, 6.45) is 0. The standard InChI is InChI=1S/C10H16N2O2S/c1-4-12(11(2)3)15(13,14)10-8-6-5-7-9-10/h5-9H,4H2,1-3H3. The van der Waals surface area contributed by atoms with Crippen LogP contribution in [0.25, 0.3) is 0 Å². The maximum absolute atomic E-state index is 12.1. The lowest BCUT2D eigenvalue weighted by Gasteiger charge is -2.26. The first-order valence-electron chi connectivity index (χ1n) is 4.75. The highest BCUT2D eigenvalue weighted by Gasteiger charge is 2.24. The van der Waals surface area contributed by atoms with Crippen molar-refractivity contribution in [2.24, 2.45) is 0 Å². The van der Waals surface area contributed by atoms with Crippen LogP contribution in [0.1, 0.15) is 6.92 Å². The molecule has 0 fully saturated rings. The van der Waals surface area contributed by atoms with Gasteiger partial charge in [0.2, 0.25) is 0 Å². The molecule has 0 unspecified atom stereocenters. The number of benzene rings is 1. The van der Waals surface area contributed by atoms with Gasteiger partial charge in [-0.2, -0.15) is 0 Å². The van der Waals surface area contributed by atoms with Crippen molar-refractivity contribution < 1.29 is 8.42 Å². The summed E-state index contributed by atoms with van der Waals surface area (Å²) < 4.78 is 25.5. The number of hydrogen-bond donors (Lipinski definition) is 0. The molecule has 84 valence electrons. The third-order valence-corrected chi connectivity index (χ3v) is 4.04. The minimum absolute atomic E-state index is 0.320. The fraction of sp³-hybridized carbons (Fsp3) is 0.400. The van der Waals surface area contributed by atoms with Gasteiger partial charge in [0.15, 0.2) is 0 Å². The summed E-state index contributed by atoms with van der Waals surface area (Å²) >= 11 is 0. The van der Waals surface area contributed by atoms with Crippen molar-refractivity contribution in [2.45, 2.75) is 11.8 Å². The lowest BCUT2D eigenvalue weighted by Crippen LogP contribution is -2.41. The van der Waals surface area contributed by atoms with Crippen molar-refractivity contribution in [3.8, 4) is 0 Å². The molecule has 0 atom stereocenters. The van der Waals surface area contributed by atoms with Crippen LogP contribution in [-0.4, -0.2) is 38.5 Å². The van der Waals surface area contributed by atoms with E-state index in [9.17, 15) is 8.42 Å². The summed E-state index contributed by atoms with van der Waals surface area (Å²) in [6, 6.07) is 8.43. The van der Waals surface area contributed by atoms with E-state index in [4.69, 9.17) is 0 Å². The van der Waals surface area contributed by atoms with Crippen LogP contribution < -0.4 is 0 Å². The second-order valence-electron chi connectivity index (χ2n) is 3.30. The monoisotopic (exact) mass is 228 g/mol. The number of nitrogens with zero attached hydrogens (tertiary/aromatic N) is 2. The quantitative estimate of drug-likeness (QED) is 0.726. The van der Waals surface area contributed by atoms with Crippen molar-refractivity contribution in [3.63, 3.8) is 0 Å². The molecule has 4 nitrogen and oxygen atoms in total. The van der Waals surface area contributed by atoms with Gasteiger partial charge in [-0.3, -0.25) is 0 Å². The Morgan fingerprint density at radius 1 is 1.13 bits per heavy atom. The summed E-state index contributed by atoms with van der Waals surface area (Å²) in [6.45, 7) is 2.23. The molecule has 0 saturated heterocycles. The molecule has 15 heavy (non-hydrogen) atoms. The Kier molecular flexibility index (Phi) is 3.84. The molecular weight excluding hydrogens is 212 g/mol. The predicted octanol–water partition coefficient (Wildman–Crippen LogP) is 1.17. The molecule has 1 aromatic carbocycles. The molecular formula is C10H16N2O2S. The van der Waals surface area contributed by atoms with Crippen molar-refractivity contribution in [3.05, 3.63) is 30.3 Å². The van der Waals surface area contributed by atoms with E-state index in [1.165, 1.54) is 4.41 Å². The molecule has 0 heterocycles. The third-order valence-electron chi connectivity index (χ3n) is 2.04. The number of sulfonamides is 1. The third kappa shape index (κ3) is 2.56. The van der Waals surface area contributed by atoms with Crippen molar-refractivity contribution >= 4 is 10.0 Å². The highest BCUT2D eigenvalue weighted by molar-refractivity contribution is 7.89. The fourth-order valence-corrected chi connectivity index (χ4v) is 2.90. The molecule has 0 amide bonds. The number of rotatable bonds is 4. The minimum Gasteiger partial charge on any atom is -0.234 e. The van der Waals surface area contributed by atoms with Crippen LogP contribution in [0.5, 0.6) is 0 Å². The van der Waals surface area contributed by atoms with Gasteiger partial charge in [-0.15, -0.1) is 4.41 Å². The maximum atomic E-state index is 12.1. The summed E-state index contributed by atoms with van der Waals surface area (Å²) in [5.74, 6) is 0. The van der Waals surface area contributed by atoms with E-state index in [0.29, 0.717) is 11.4 Å².